The zero-order chi connectivity index (χ0) is 19.2. The maximum atomic E-state index is 12.0. The van der Waals surface area contributed by atoms with Gasteiger partial charge in [0.05, 0.1) is 12.8 Å². The summed E-state index contributed by atoms with van der Waals surface area (Å²) in [4.78, 5) is 20.9. The van der Waals surface area contributed by atoms with Gasteiger partial charge in [-0.2, -0.15) is 0 Å². The van der Waals surface area contributed by atoms with Gasteiger partial charge in [-0.1, -0.05) is 6.92 Å². The minimum Gasteiger partial charge on any atom is -0.497 e. The molecule has 0 radical (unpaired) electrons. The second-order valence-electron chi connectivity index (χ2n) is 6.75. The number of nitrogens with zero attached hydrogens (tertiary/aromatic N) is 3. The van der Waals surface area contributed by atoms with Crippen LogP contribution >= 0.6 is 0 Å². The van der Waals surface area contributed by atoms with E-state index in [0.717, 1.165) is 68.5 Å². The van der Waals surface area contributed by atoms with E-state index in [1.165, 1.54) is 0 Å². The summed E-state index contributed by atoms with van der Waals surface area (Å²) in [6, 6.07) is 7.73. The zero-order valence-electron chi connectivity index (χ0n) is 16.3. The number of urea groups is 1. The van der Waals surface area contributed by atoms with Crippen LogP contribution in [0.4, 0.5) is 4.79 Å². The highest BCUT2D eigenvalue weighted by Gasteiger charge is 2.22. The number of oxazole rings is 1. The van der Waals surface area contributed by atoms with Gasteiger partial charge < -0.3 is 19.4 Å². The number of benzene rings is 1. The van der Waals surface area contributed by atoms with Gasteiger partial charge in [-0.15, -0.1) is 0 Å². The molecule has 2 amide bonds. The van der Waals surface area contributed by atoms with Crippen LogP contribution in [-0.4, -0.2) is 60.6 Å². The molecule has 1 fully saturated rings. The number of hydrogen-bond donors (Lipinski definition) is 1. The normalized spacial score (nSPS) is 15.0. The number of carbonyl (C=O) groups is 1. The summed E-state index contributed by atoms with van der Waals surface area (Å²) < 4.78 is 11.1. The van der Waals surface area contributed by atoms with Gasteiger partial charge in [0.15, 0.2) is 0 Å². The third-order valence-corrected chi connectivity index (χ3v) is 4.79. The Labute approximate surface area is 160 Å². The number of rotatable bonds is 6. The maximum Gasteiger partial charge on any atom is 0.317 e. The molecule has 3 rings (SSSR count). The van der Waals surface area contributed by atoms with Crippen LogP contribution in [0.25, 0.3) is 11.5 Å². The predicted octanol–water partition coefficient (Wildman–Crippen LogP) is 2.90. The molecule has 146 valence electrons. The molecule has 1 aliphatic heterocycles. The molecular weight excluding hydrogens is 344 g/mol. The van der Waals surface area contributed by atoms with Gasteiger partial charge >= 0.3 is 6.03 Å². The zero-order valence-corrected chi connectivity index (χ0v) is 16.3. The number of piperazine rings is 1. The highest BCUT2D eigenvalue weighted by Crippen LogP contribution is 2.24. The van der Waals surface area contributed by atoms with Gasteiger partial charge in [-0.3, -0.25) is 4.90 Å². The molecule has 0 saturated carbocycles. The van der Waals surface area contributed by atoms with Gasteiger partial charge in [0.25, 0.3) is 0 Å². The highest BCUT2D eigenvalue weighted by atomic mass is 16.5. The second-order valence-corrected chi connectivity index (χ2v) is 6.75. The van der Waals surface area contributed by atoms with Crippen molar-refractivity contribution in [3.05, 3.63) is 35.7 Å². The first-order chi connectivity index (χ1) is 13.1. The summed E-state index contributed by atoms with van der Waals surface area (Å²) in [7, 11) is 1.65. The molecule has 27 heavy (non-hydrogen) atoms. The van der Waals surface area contributed by atoms with Crippen molar-refractivity contribution in [3.8, 4) is 17.2 Å². The van der Waals surface area contributed by atoms with Crippen molar-refractivity contribution in [2.24, 2.45) is 0 Å². The molecule has 1 aliphatic rings. The number of carbonyl (C=O) groups excluding carboxylic acids is 1. The number of aromatic nitrogens is 1. The van der Waals surface area contributed by atoms with E-state index >= 15 is 0 Å². The van der Waals surface area contributed by atoms with E-state index in [4.69, 9.17) is 9.15 Å². The lowest BCUT2D eigenvalue weighted by Crippen LogP contribution is -2.51. The molecule has 1 saturated heterocycles. The summed E-state index contributed by atoms with van der Waals surface area (Å²) in [6.07, 6.45) is 0.952. The van der Waals surface area contributed by atoms with Crippen molar-refractivity contribution in [1.82, 2.24) is 20.1 Å². The Hall–Kier alpha value is -2.54. The van der Waals surface area contributed by atoms with Crippen LogP contribution in [0.1, 0.15) is 24.8 Å². The highest BCUT2D eigenvalue weighted by molar-refractivity contribution is 5.74. The Morgan fingerprint density at radius 3 is 2.56 bits per heavy atom. The van der Waals surface area contributed by atoms with Crippen molar-refractivity contribution < 1.29 is 13.9 Å². The molecule has 2 heterocycles. The third kappa shape index (κ3) is 4.80. The minimum atomic E-state index is 0.0379. The standard InChI is InChI=1S/C20H28N4O3/c1-4-9-21-20(25)24-12-10-23(11-13-24)14-18-15(2)27-19(22-18)16-5-7-17(26-3)8-6-16/h5-8H,4,9-14H2,1-3H3,(H,21,25). The van der Waals surface area contributed by atoms with Gasteiger partial charge in [0.1, 0.15) is 11.5 Å². The number of aryl methyl sites for hydroxylation is 1. The molecule has 1 aromatic carbocycles. The first kappa shape index (κ1) is 19.2. The molecule has 0 aliphatic carbocycles. The molecule has 0 unspecified atom stereocenters. The van der Waals surface area contributed by atoms with E-state index in [-0.39, 0.29) is 6.03 Å². The Morgan fingerprint density at radius 1 is 1.22 bits per heavy atom. The second kappa shape index (κ2) is 8.90. The number of ether oxygens (including phenoxy) is 1. The molecule has 7 nitrogen and oxygen atoms in total. The average molecular weight is 372 g/mol. The average Bonchev–Trinajstić information content (AvgIpc) is 3.07. The SMILES string of the molecule is CCCNC(=O)N1CCN(Cc2nc(-c3ccc(OC)cc3)oc2C)CC1. The summed E-state index contributed by atoms with van der Waals surface area (Å²) in [5.41, 5.74) is 1.88. The Morgan fingerprint density at radius 2 is 1.93 bits per heavy atom. The van der Waals surface area contributed by atoms with Crippen LogP contribution in [0.2, 0.25) is 0 Å². The van der Waals surface area contributed by atoms with E-state index < -0.39 is 0 Å². The molecule has 0 atom stereocenters. The van der Waals surface area contributed by atoms with E-state index in [9.17, 15) is 4.79 Å². The molecule has 2 aromatic rings. The van der Waals surface area contributed by atoms with Crippen molar-refractivity contribution in [1.29, 1.82) is 0 Å². The largest absolute Gasteiger partial charge is 0.497 e. The van der Waals surface area contributed by atoms with Gasteiger partial charge in [-0.05, 0) is 37.6 Å². The lowest BCUT2D eigenvalue weighted by atomic mass is 10.2. The van der Waals surface area contributed by atoms with E-state index in [0.29, 0.717) is 5.89 Å². The number of amides is 2. The minimum absolute atomic E-state index is 0.0379. The first-order valence-corrected chi connectivity index (χ1v) is 9.46. The number of nitrogens with one attached hydrogen (secondary N) is 1. The molecule has 7 heteroatoms. The summed E-state index contributed by atoms with van der Waals surface area (Å²) in [5.74, 6) is 2.27. The van der Waals surface area contributed by atoms with Gasteiger partial charge in [0, 0.05) is 44.8 Å². The quantitative estimate of drug-likeness (QED) is 0.844. The molecule has 1 aromatic heterocycles. The summed E-state index contributed by atoms with van der Waals surface area (Å²) in [5, 5.41) is 2.94. The lowest BCUT2D eigenvalue weighted by molar-refractivity contribution is 0.134. The fourth-order valence-corrected chi connectivity index (χ4v) is 3.10. The number of hydrogen-bond acceptors (Lipinski definition) is 5. The third-order valence-electron chi connectivity index (χ3n) is 4.79. The van der Waals surface area contributed by atoms with Crippen LogP contribution < -0.4 is 10.1 Å². The van der Waals surface area contributed by atoms with E-state index in [1.807, 2.05) is 36.1 Å². The molecule has 0 spiro atoms. The van der Waals surface area contributed by atoms with Crippen molar-refractivity contribution in [2.45, 2.75) is 26.8 Å². The van der Waals surface area contributed by atoms with E-state index in [1.54, 1.807) is 7.11 Å². The summed E-state index contributed by atoms with van der Waals surface area (Å²) in [6.45, 7) is 8.60. The maximum absolute atomic E-state index is 12.0. The van der Waals surface area contributed by atoms with Gasteiger partial charge in [0.2, 0.25) is 5.89 Å². The fourth-order valence-electron chi connectivity index (χ4n) is 3.10. The molecule has 1 N–H and O–H groups in total. The fraction of sp³-hybridized carbons (Fsp3) is 0.500. The summed E-state index contributed by atoms with van der Waals surface area (Å²) >= 11 is 0. The predicted molar refractivity (Wildman–Crippen MR) is 104 cm³/mol. The van der Waals surface area contributed by atoms with Crippen LogP contribution in [-0.2, 0) is 6.54 Å². The van der Waals surface area contributed by atoms with Crippen molar-refractivity contribution in [3.63, 3.8) is 0 Å². The number of methoxy groups -OCH3 is 1. The van der Waals surface area contributed by atoms with E-state index in [2.05, 4.69) is 22.1 Å². The Kier molecular flexibility index (Phi) is 6.34. The monoisotopic (exact) mass is 372 g/mol. The van der Waals surface area contributed by atoms with Crippen LogP contribution in [0.15, 0.2) is 28.7 Å². The van der Waals surface area contributed by atoms with Gasteiger partial charge in [-0.25, -0.2) is 9.78 Å². The van der Waals surface area contributed by atoms with Crippen LogP contribution in [0.5, 0.6) is 5.75 Å². The van der Waals surface area contributed by atoms with Crippen molar-refractivity contribution in [2.75, 3.05) is 39.8 Å². The van der Waals surface area contributed by atoms with Crippen LogP contribution in [0, 0.1) is 6.92 Å². The van der Waals surface area contributed by atoms with Crippen LogP contribution in [0.3, 0.4) is 0 Å². The molecule has 0 bridgehead atoms. The topological polar surface area (TPSA) is 70.8 Å². The first-order valence-electron chi connectivity index (χ1n) is 9.46. The molecular formula is C20H28N4O3. The smallest absolute Gasteiger partial charge is 0.317 e. The Bertz CT molecular complexity index is 749. The lowest BCUT2D eigenvalue weighted by Gasteiger charge is -2.34. The van der Waals surface area contributed by atoms with Crippen molar-refractivity contribution >= 4 is 6.03 Å². The Balaban J connectivity index is 1.57.